The molecular formula is C15H24N4O2. The van der Waals surface area contributed by atoms with E-state index in [1.807, 2.05) is 0 Å². The molecule has 0 bridgehead atoms. The summed E-state index contributed by atoms with van der Waals surface area (Å²) in [4.78, 5) is 20.5. The second kappa shape index (κ2) is 6.76. The van der Waals surface area contributed by atoms with E-state index in [1.54, 1.807) is 12.1 Å². The minimum atomic E-state index is -0.435. The molecule has 1 saturated heterocycles. The van der Waals surface area contributed by atoms with Gasteiger partial charge in [0.25, 0.3) is 0 Å². The van der Waals surface area contributed by atoms with Crippen molar-refractivity contribution in [2.24, 2.45) is 5.92 Å². The molecule has 2 rings (SSSR count). The van der Waals surface area contributed by atoms with Crippen LogP contribution in [-0.2, 0) is 4.74 Å². The van der Waals surface area contributed by atoms with Crippen molar-refractivity contribution in [1.29, 1.82) is 0 Å². The molecule has 1 fully saturated rings. The highest BCUT2D eigenvalue weighted by Crippen LogP contribution is 2.22. The van der Waals surface area contributed by atoms with Crippen molar-refractivity contribution in [1.82, 2.24) is 9.88 Å². The van der Waals surface area contributed by atoms with E-state index in [2.05, 4.69) is 28.6 Å². The zero-order chi connectivity index (χ0) is 15.4. The number of carbonyl (C=O) groups excluding carboxylic acids is 1. The molecule has 2 N–H and O–H groups in total. The lowest BCUT2D eigenvalue weighted by Gasteiger charge is -2.36. The Morgan fingerprint density at radius 3 is 2.57 bits per heavy atom. The molecule has 0 saturated carbocycles. The van der Waals surface area contributed by atoms with E-state index >= 15 is 0 Å². The van der Waals surface area contributed by atoms with E-state index in [0.717, 1.165) is 32.7 Å². The summed E-state index contributed by atoms with van der Waals surface area (Å²) in [6, 6.07) is 3.31. The summed E-state index contributed by atoms with van der Waals surface area (Å²) >= 11 is 0. The maximum Gasteiger partial charge on any atom is 0.356 e. The number of anilines is 2. The Kier molecular flexibility index (Phi) is 5.01. The maximum atomic E-state index is 11.6. The number of nitrogens with zero attached hydrogens (tertiary/aromatic N) is 3. The van der Waals surface area contributed by atoms with Crippen molar-refractivity contribution in [2.45, 2.75) is 13.8 Å². The number of pyridine rings is 1. The minimum Gasteiger partial charge on any atom is -0.464 e. The highest BCUT2D eigenvalue weighted by molar-refractivity contribution is 5.88. The van der Waals surface area contributed by atoms with Crippen molar-refractivity contribution in [3.8, 4) is 0 Å². The fourth-order valence-electron chi connectivity index (χ4n) is 2.59. The van der Waals surface area contributed by atoms with E-state index in [4.69, 9.17) is 10.5 Å². The first-order valence-corrected chi connectivity index (χ1v) is 7.33. The molecule has 1 aliphatic heterocycles. The van der Waals surface area contributed by atoms with Gasteiger partial charge in [-0.05, 0) is 18.1 Å². The minimum absolute atomic E-state index is 0.298. The van der Waals surface area contributed by atoms with Crippen molar-refractivity contribution >= 4 is 17.5 Å². The average Bonchev–Trinajstić information content (AvgIpc) is 2.47. The molecule has 1 aliphatic rings. The van der Waals surface area contributed by atoms with Gasteiger partial charge in [0, 0.05) is 32.7 Å². The Morgan fingerprint density at radius 1 is 1.33 bits per heavy atom. The molecule has 0 atom stereocenters. The number of piperazine rings is 1. The van der Waals surface area contributed by atoms with Gasteiger partial charge >= 0.3 is 5.97 Å². The molecule has 6 nitrogen and oxygen atoms in total. The molecule has 1 aromatic heterocycles. The van der Waals surface area contributed by atoms with Crippen LogP contribution in [-0.4, -0.2) is 55.7 Å². The van der Waals surface area contributed by atoms with Crippen LogP contribution in [0, 0.1) is 5.92 Å². The van der Waals surface area contributed by atoms with Crippen LogP contribution in [0.15, 0.2) is 12.1 Å². The molecule has 6 heteroatoms. The van der Waals surface area contributed by atoms with Crippen LogP contribution in [0.25, 0.3) is 0 Å². The van der Waals surface area contributed by atoms with E-state index in [-0.39, 0.29) is 0 Å². The first-order chi connectivity index (χ1) is 10.0. The standard InChI is InChI=1S/C15H24N4O2/c1-11(2)10-18-6-8-19(9-7-18)14-12(16)4-5-13(17-14)15(20)21-3/h4-5,11H,6-10,16H2,1-3H3. The summed E-state index contributed by atoms with van der Waals surface area (Å²) in [6.45, 7) is 9.28. The topological polar surface area (TPSA) is 71.7 Å². The van der Waals surface area contributed by atoms with Crippen molar-refractivity contribution in [2.75, 3.05) is 50.5 Å². The van der Waals surface area contributed by atoms with Gasteiger partial charge in [-0.1, -0.05) is 13.8 Å². The maximum absolute atomic E-state index is 11.6. The van der Waals surface area contributed by atoms with Crippen LogP contribution in [0.3, 0.4) is 0 Å². The number of nitrogens with two attached hydrogens (primary N) is 1. The number of esters is 1. The second-order valence-corrected chi connectivity index (χ2v) is 5.78. The lowest BCUT2D eigenvalue weighted by atomic mass is 10.2. The first kappa shape index (κ1) is 15.6. The van der Waals surface area contributed by atoms with Gasteiger partial charge in [0.05, 0.1) is 12.8 Å². The predicted octanol–water partition coefficient (Wildman–Crippen LogP) is 1.23. The van der Waals surface area contributed by atoms with Gasteiger partial charge in [-0.2, -0.15) is 0 Å². The van der Waals surface area contributed by atoms with Gasteiger partial charge in [0.2, 0.25) is 0 Å². The van der Waals surface area contributed by atoms with Gasteiger partial charge in [-0.3, -0.25) is 4.90 Å². The highest BCUT2D eigenvalue weighted by Gasteiger charge is 2.21. The average molecular weight is 292 g/mol. The number of rotatable bonds is 4. The SMILES string of the molecule is COC(=O)c1ccc(N)c(N2CCN(CC(C)C)CC2)n1. The summed E-state index contributed by atoms with van der Waals surface area (Å²) in [5.41, 5.74) is 6.90. The van der Waals surface area contributed by atoms with Crippen molar-refractivity contribution in [3.05, 3.63) is 17.8 Å². The van der Waals surface area contributed by atoms with Gasteiger partial charge in [0.15, 0.2) is 11.5 Å². The zero-order valence-corrected chi connectivity index (χ0v) is 13.0. The van der Waals surface area contributed by atoms with Crippen molar-refractivity contribution < 1.29 is 9.53 Å². The number of nitrogen functional groups attached to an aromatic ring is 1. The third kappa shape index (κ3) is 3.85. The van der Waals surface area contributed by atoms with E-state index in [1.165, 1.54) is 7.11 Å². The second-order valence-electron chi connectivity index (χ2n) is 5.78. The lowest BCUT2D eigenvalue weighted by Crippen LogP contribution is -2.48. The number of hydrogen-bond acceptors (Lipinski definition) is 6. The molecule has 0 radical (unpaired) electrons. The molecule has 1 aromatic rings. The Bertz CT molecular complexity index is 496. The molecule has 0 aliphatic carbocycles. The lowest BCUT2D eigenvalue weighted by molar-refractivity contribution is 0.0594. The molecule has 0 aromatic carbocycles. The number of aromatic nitrogens is 1. The van der Waals surface area contributed by atoms with Crippen LogP contribution in [0.1, 0.15) is 24.3 Å². The fourth-order valence-corrected chi connectivity index (χ4v) is 2.59. The summed E-state index contributed by atoms with van der Waals surface area (Å²) in [7, 11) is 1.35. The Morgan fingerprint density at radius 2 is 2.00 bits per heavy atom. The summed E-state index contributed by atoms with van der Waals surface area (Å²) in [5.74, 6) is 0.916. The normalized spacial score (nSPS) is 16.3. The molecular weight excluding hydrogens is 268 g/mol. The van der Waals surface area contributed by atoms with Crippen LogP contribution in [0.5, 0.6) is 0 Å². The van der Waals surface area contributed by atoms with Crippen molar-refractivity contribution in [3.63, 3.8) is 0 Å². The molecule has 0 amide bonds. The summed E-state index contributed by atoms with van der Waals surface area (Å²) in [6.07, 6.45) is 0. The van der Waals surface area contributed by atoms with E-state index in [9.17, 15) is 4.79 Å². The monoisotopic (exact) mass is 292 g/mol. The smallest absolute Gasteiger partial charge is 0.356 e. The number of methoxy groups -OCH3 is 1. The largest absolute Gasteiger partial charge is 0.464 e. The number of hydrogen-bond donors (Lipinski definition) is 1. The first-order valence-electron chi connectivity index (χ1n) is 7.33. The zero-order valence-electron chi connectivity index (χ0n) is 13.0. The van der Waals surface area contributed by atoms with Gasteiger partial charge in [-0.25, -0.2) is 9.78 Å². The van der Waals surface area contributed by atoms with Gasteiger partial charge in [-0.15, -0.1) is 0 Å². The van der Waals surface area contributed by atoms with Crippen LogP contribution in [0.4, 0.5) is 11.5 Å². The molecule has 21 heavy (non-hydrogen) atoms. The molecule has 116 valence electrons. The summed E-state index contributed by atoms with van der Waals surface area (Å²) < 4.78 is 4.71. The third-order valence-electron chi connectivity index (χ3n) is 3.60. The predicted molar refractivity (Wildman–Crippen MR) is 83.5 cm³/mol. The molecule has 2 heterocycles. The van der Waals surface area contributed by atoms with E-state index < -0.39 is 5.97 Å². The third-order valence-corrected chi connectivity index (χ3v) is 3.60. The van der Waals surface area contributed by atoms with Gasteiger partial charge < -0.3 is 15.4 Å². The Labute approximate surface area is 125 Å². The van der Waals surface area contributed by atoms with Crippen LogP contribution in [0.2, 0.25) is 0 Å². The van der Waals surface area contributed by atoms with E-state index in [0.29, 0.717) is 23.1 Å². The Balaban J connectivity index is 2.07. The number of ether oxygens (including phenoxy) is 1. The molecule has 0 unspecified atom stereocenters. The Hall–Kier alpha value is -1.82. The molecule has 0 spiro atoms. The quantitative estimate of drug-likeness (QED) is 0.842. The van der Waals surface area contributed by atoms with Crippen LogP contribution < -0.4 is 10.6 Å². The highest BCUT2D eigenvalue weighted by atomic mass is 16.5. The van der Waals surface area contributed by atoms with Crippen LogP contribution >= 0.6 is 0 Å². The summed E-state index contributed by atoms with van der Waals surface area (Å²) in [5, 5.41) is 0. The number of carbonyl (C=O) groups is 1. The van der Waals surface area contributed by atoms with Gasteiger partial charge in [0.1, 0.15) is 0 Å². The fraction of sp³-hybridized carbons (Fsp3) is 0.600.